The van der Waals surface area contributed by atoms with Crippen molar-refractivity contribution < 1.29 is 4.39 Å². The van der Waals surface area contributed by atoms with Crippen LogP contribution in [0.2, 0.25) is 0 Å². The number of rotatable bonds is 0. The average molecular weight is 167 g/mol. The third-order valence-electron chi connectivity index (χ3n) is 1.75. The van der Waals surface area contributed by atoms with Crippen LogP contribution in [0, 0.1) is 5.82 Å². The molecule has 0 aliphatic heterocycles. The maximum atomic E-state index is 13.0. The molecule has 0 aliphatic carbocycles. The highest BCUT2D eigenvalue weighted by Gasteiger charge is 2.07. The van der Waals surface area contributed by atoms with Gasteiger partial charge in [0, 0.05) is 7.05 Å². The molecule has 0 aromatic carbocycles. The summed E-state index contributed by atoms with van der Waals surface area (Å²) in [6.07, 6.45) is 2.50. The molecule has 0 radical (unpaired) electrons. The molecule has 1 N–H and O–H groups in total. The van der Waals surface area contributed by atoms with E-state index in [9.17, 15) is 9.18 Å². The zero-order valence-electron chi connectivity index (χ0n) is 6.34. The minimum absolute atomic E-state index is 0.259. The first kappa shape index (κ1) is 7.02. The second-order valence-corrected chi connectivity index (χ2v) is 2.51. The highest BCUT2D eigenvalue weighted by Crippen LogP contribution is 2.10. The average Bonchev–Trinajstić information content (AvgIpc) is 2.29. The highest BCUT2D eigenvalue weighted by atomic mass is 19.1. The molecule has 5 heteroatoms. The molecule has 0 saturated heterocycles. The van der Waals surface area contributed by atoms with Gasteiger partial charge in [0.1, 0.15) is 5.52 Å². The van der Waals surface area contributed by atoms with Crippen molar-refractivity contribution in [1.82, 2.24) is 14.5 Å². The molecule has 2 aromatic rings. The maximum Gasteiger partial charge on any atom is 0.326 e. The van der Waals surface area contributed by atoms with Gasteiger partial charge in [0.15, 0.2) is 5.82 Å². The third kappa shape index (κ3) is 0.761. The summed E-state index contributed by atoms with van der Waals surface area (Å²) in [5.74, 6) is -0.492. The number of nitrogens with zero attached hydrogens (tertiary/aromatic N) is 2. The van der Waals surface area contributed by atoms with Crippen molar-refractivity contribution in [2.24, 2.45) is 7.05 Å². The molecule has 4 nitrogen and oxygen atoms in total. The molecule has 0 saturated carbocycles. The lowest BCUT2D eigenvalue weighted by molar-refractivity contribution is 0.625. The van der Waals surface area contributed by atoms with E-state index in [-0.39, 0.29) is 11.2 Å². The number of aryl methyl sites for hydroxylation is 1. The van der Waals surface area contributed by atoms with Gasteiger partial charge in [0.2, 0.25) is 0 Å². The van der Waals surface area contributed by atoms with Crippen molar-refractivity contribution in [2.45, 2.75) is 0 Å². The second-order valence-electron chi connectivity index (χ2n) is 2.51. The third-order valence-corrected chi connectivity index (χ3v) is 1.75. The van der Waals surface area contributed by atoms with E-state index in [1.165, 1.54) is 17.8 Å². The van der Waals surface area contributed by atoms with Gasteiger partial charge in [-0.05, 0) is 0 Å². The number of hydrogen-bond donors (Lipinski definition) is 1. The van der Waals surface area contributed by atoms with Crippen LogP contribution < -0.4 is 5.69 Å². The predicted octanol–water partition coefficient (Wildman–Crippen LogP) is 0.401. The molecule has 0 aliphatic rings. The van der Waals surface area contributed by atoms with Crippen LogP contribution >= 0.6 is 0 Å². The topological polar surface area (TPSA) is 50.7 Å². The molecule has 0 spiro atoms. The van der Waals surface area contributed by atoms with Crippen LogP contribution in [-0.4, -0.2) is 14.5 Å². The van der Waals surface area contributed by atoms with E-state index in [0.29, 0.717) is 5.52 Å². The minimum Gasteiger partial charge on any atom is -0.304 e. The molecule has 0 unspecified atom stereocenters. The quantitative estimate of drug-likeness (QED) is 0.617. The van der Waals surface area contributed by atoms with E-state index in [1.807, 2.05) is 0 Å². The van der Waals surface area contributed by atoms with Gasteiger partial charge in [0.05, 0.1) is 17.9 Å². The molecule has 0 atom stereocenters. The Morgan fingerprint density at radius 1 is 1.58 bits per heavy atom. The lowest BCUT2D eigenvalue weighted by Gasteiger charge is -1.92. The fourth-order valence-electron chi connectivity index (χ4n) is 1.16. The Kier molecular flexibility index (Phi) is 1.27. The molecule has 2 heterocycles. The highest BCUT2D eigenvalue weighted by molar-refractivity contribution is 5.74. The van der Waals surface area contributed by atoms with Crippen LogP contribution in [0.1, 0.15) is 0 Å². The molecule has 2 aromatic heterocycles. The molecule has 2 rings (SSSR count). The Morgan fingerprint density at radius 3 is 3.00 bits per heavy atom. The first-order valence-electron chi connectivity index (χ1n) is 3.38. The number of H-pyrrole nitrogens is 1. The zero-order chi connectivity index (χ0) is 8.72. The lowest BCUT2D eigenvalue weighted by Crippen LogP contribution is -2.12. The van der Waals surface area contributed by atoms with E-state index < -0.39 is 5.82 Å². The number of imidazole rings is 1. The largest absolute Gasteiger partial charge is 0.326 e. The summed E-state index contributed by atoms with van der Waals surface area (Å²) < 4.78 is 14.2. The van der Waals surface area contributed by atoms with E-state index in [2.05, 4.69) is 9.97 Å². The summed E-state index contributed by atoms with van der Waals surface area (Å²) in [5, 5.41) is 0. The first-order chi connectivity index (χ1) is 5.70. The summed E-state index contributed by atoms with van der Waals surface area (Å²) in [7, 11) is 1.50. The number of aromatic amines is 1. The predicted molar refractivity (Wildman–Crippen MR) is 41.3 cm³/mol. The number of aromatic nitrogens is 3. The number of fused-ring (bicyclic) bond motifs is 1. The summed E-state index contributed by atoms with van der Waals surface area (Å²) in [5.41, 5.74) is 0.342. The summed E-state index contributed by atoms with van der Waals surface area (Å²) in [6, 6.07) is 0. The van der Waals surface area contributed by atoms with E-state index >= 15 is 0 Å². The Labute approximate surface area is 66.7 Å². The van der Waals surface area contributed by atoms with Gasteiger partial charge in [-0.2, -0.15) is 0 Å². The number of halogens is 1. The van der Waals surface area contributed by atoms with Gasteiger partial charge >= 0.3 is 5.69 Å². The number of nitrogens with one attached hydrogen (secondary N) is 1. The van der Waals surface area contributed by atoms with Gasteiger partial charge in [0.25, 0.3) is 0 Å². The van der Waals surface area contributed by atoms with E-state index in [0.717, 1.165) is 6.20 Å². The van der Waals surface area contributed by atoms with Crippen LogP contribution in [-0.2, 0) is 7.05 Å². The van der Waals surface area contributed by atoms with Gasteiger partial charge in [-0.15, -0.1) is 0 Å². The van der Waals surface area contributed by atoms with E-state index in [4.69, 9.17) is 0 Å². The Balaban J connectivity index is 3.07. The number of hydrogen-bond acceptors (Lipinski definition) is 2. The van der Waals surface area contributed by atoms with Gasteiger partial charge < -0.3 is 4.98 Å². The Morgan fingerprint density at radius 2 is 2.33 bits per heavy atom. The van der Waals surface area contributed by atoms with Crippen LogP contribution in [0.15, 0.2) is 17.2 Å². The molecular weight excluding hydrogens is 161 g/mol. The fourth-order valence-corrected chi connectivity index (χ4v) is 1.16. The molecule has 12 heavy (non-hydrogen) atoms. The lowest BCUT2D eigenvalue weighted by atomic mass is 10.4. The van der Waals surface area contributed by atoms with Crippen molar-refractivity contribution in [1.29, 1.82) is 0 Å². The monoisotopic (exact) mass is 167 g/mol. The van der Waals surface area contributed by atoms with Crippen LogP contribution in [0.5, 0.6) is 0 Å². The smallest absolute Gasteiger partial charge is 0.304 e. The van der Waals surface area contributed by atoms with E-state index in [1.54, 1.807) is 0 Å². The van der Waals surface area contributed by atoms with Crippen molar-refractivity contribution in [3.63, 3.8) is 0 Å². The summed E-state index contributed by atoms with van der Waals surface area (Å²) in [4.78, 5) is 17.1. The molecular formula is C7H6FN3O. The van der Waals surface area contributed by atoms with Crippen molar-refractivity contribution >= 4 is 11.0 Å². The maximum absolute atomic E-state index is 13.0. The normalized spacial score (nSPS) is 10.8. The summed E-state index contributed by atoms with van der Waals surface area (Å²) in [6.45, 7) is 0. The van der Waals surface area contributed by atoms with Gasteiger partial charge in [-0.3, -0.25) is 9.55 Å². The molecule has 0 bridgehead atoms. The van der Waals surface area contributed by atoms with Crippen molar-refractivity contribution in [3.05, 3.63) is 28.7 Å². The van der Waals surface area contributed by atoms with Crippen molar-refractivity contribution in [2.75, 3.05) is 0 Å². The van der Waals surface area contributed by atoms with Crippen LogP contribution in [0.3, 0.4) is 0 Å². The van der Waals surface area contributed by atoms with Gasteiger partial charge in [-0.25, -0.2) is 9.18 Å². The molecule has 0 amide bonds. The summed E-state index contributed by atoms with van der Waals surface area (Å²) >= 11 is 0. The van der Waals surface area contributed by atoms with Crippen LogP contribution in [0.25, 0.3) is 11.0 Å². The first-order valence-corrected chi connectivity index (χ1v) is 3.38. The number of pyridine rings is 1. The second kappa shape index (κ2) is 2.17. The SMILES string of the molecule is Cn1c(=O)[nH]c2cncc(F)c21. The minimum atomic E-state index is -0.492. The zero-order valence-corrected chi connectivity index (χ0v) is 6.34. The molecule has 0 fully saturated rings. The Hall–Kier alpha value is -1.65. The van der Waals surface area contributed by atoms with Crippen LogP contribution in [0.4, 0.5) is 4.39 Å². The van der Waals surface area contributed by atoms with Crippen molar-refractivity contribution in [3.8, 4) is 0 Å². The standard InChI is InChI=1S/C7H6FN3O/c1-11-6-4(8)2-9-3-5(6)10-7(11)12/h2-3H,1H3,(H,10,12). The molecule has 62 valence electrons. The van der Waals surface area contributed by atoms with Gasteiger partial charge in [-0.1, -0.05) is 0 Å². The fraction of sp³-hybridized carbons (Fsp3) is 0.143. The Bertz CT molecular complexity index is 485.